The number of benzene rings is 4. The SMILES string of the molecule is O[C@@H]1[C@@H](OCc2ccccc2)[C@H](OCc2ccccc2)[C@@H](COCc2ccccc2)O[C@H]1NCc1ccccc1. The zero-order valence-corrected chi connectivity index (χ0v) is 22.5. The van der Waals surface area contributed by atoms with Crippen LogP contribution in [0.3, 0.4) is 0 Å². The highest BCUT2D eigenvalue weighted by Crippen LogP contribution is 2.28. The Bertz CT molecular complexity index is 1200. The number of hydrogen-bond donors (Lipinski definition) is 2. The van der Waals surface area contributed by atoms with Gasteiger partial charge in [-0.15, -0.1) is 0 Å². The Morgan fingerprint density at radius 2 is 1.02 bits per heavy atom. The first-order chi connectivity index (χ1) is 19.8. The molecule has 0 saturated carbocycles. The average molecular weight is 540 g/mol. The van der Waals surface area contributed by atoms with E-state index < -0.39 is 30.6 Å². The maximum Gasteiger partial charge on any atom is 0.137 e. The van der Waals surface area contributed by atoms with Crippen LogP contribution in [-0.4, -0.2) is 42.4 Å². The molecule has 1 aliphatic rings. The molecular weight excluding hydrogens is 502 g/mol. The maximum atomic E-state index is 11.5. The fraction of sp³-hybridized carbons (Fsp3) is 0.294. The van der Waals surface area contributed by atoms with Crippen molar-refractivity contribution in [3.05, 3.63) is 144 Å². The first-order valence-corrected chi connectivity index (χ1v) is 13.8. The van der Waals surface area contributed by atoms with E-state index in [9.17, 15) is 5.11 Å². The highest BCUT2D eigenvalue weighted by Gasteiger charge is 2.46. The van der Waals surface area contributed by atoms with E-state index in [-0.39, 0.29) is 6.61 Å². The van der Waals surface area contributed by atoms with Crippen molar-refractivity contribution < 1.29 is 24.1 Å². The molecule has 208 valence electrons. The van der Waals surface area contributed by atoms with E-state index in [1.165, 1.54) is 0 Å². The van der Waals surface area contributed by atoms with Crippen LogP contribution < -0.4 is 5.32 Å². The number of ether oxygens (including phenoxy) is 4. The van der Waals surface area contributed by atoms with Crippen molar-refractivity contribution in [1.82, 2.24) is 5.32 Å². The van der Waals surface area contributed by atoms with Gasteiger partial charge in [0.25, 0.3) is 0 Å². The first kappa shape index (κ1) is 28.2. The van der Waals surface area contributed by atoms with E-state index >= 15 is 0 Å². The lowest BCUT2D eigenvalue weighted by atomic mass is 9.97. The third kappa shape index (κ3) is 8.08. The summed E-state index contributed by atoms with van der Waals surface area (Å²) in [4.78, 5) is 0. The van der Waals surface area contributed by atoms with Gasteiger partial charge in [0.15, 0.2) is 0 Å². The number of hydrogen-bond acceptors (Lipinski definition) is 6. The van der Waals surface area contributed by atoms with E-state index in [0.29, 0.717) is 26.4 Å². The fourth-order valence-electron chi connectivity index (χ4n) is 4.84. The molecule has 0 unspecified atom stereocenters. The Morgan fingerprint density at radius 1 is 0.575 bits per heavy atom. The molecule has 6 nitrogen and oxygen atoms in total. The molecular formula is C34H37NO5. The quantitative estimate of drug-likeness (QED) is 0.242. The predicted octanol–water partition coefficient (Wildman–Crippen LogP) is 5.25. The molecule has 0 aliphatic carbocycles. The molecule has 6 heteroatoms. The minimum atomic E-state index is -0.960. The molecule has 4 aromatic carbocycles. The van der Waals surface area contributed by atoms with Crippen LogP contribution in [0.1, 0.15) is 22.3 Å². The molecule has 1 heterocycles. The van der Waals surface area contributed by atoms with E-state index in [1.54, 1.807) is 0 Å². The van der Waals surface area contributed by atoms with Gasteiger partial charge in [-0.1, -0.05) is 121 Å². The van der Waals surface area contributed by atoms with Crippen LogP contribution in [0.5, 0.6) is 0 Å². The van der Waals surface area contributed by atoms with Crippen molar-refractivity contribution in [2.75, 3.05) is 6.61 Å². The second-order valence-electron chi connectivity index (χ2n) is 9.98. The molecule has 1 saturated heterocycles. The Labute approximate surface area is 236 Å². The molecule has 0 spiro atoms. The Balaban J connectivity index is 1.34. The summed E-state index contributed by atoms with van der Waals surface area (Å²) in [5, 5.41) is 14.9. The van der Waals surface area contributed by atoms with Crippen LogP contribution in [-0.2, 0) is 45.3 Å². The molecule has 1 fully saturated rings. The summed E-state index contributed by atoms with van der Waals surface area (Å²) in [5.74, 6) is 0. The van der Waals surface area contributed by atoms with Gasteiger partial charge in [0.1, 0.15) is 30.6 Å². The van der Waals surface area contributed by atoms with Gasteiger partial charge in [-0.25, -0.2) is 0 Å². The van der Waals surface area contributed by atoms with E-state index in [2.05, 4.69) is 5.32 Å². The van der Waals surface area contributed by atoms with Gasteiger partial charge in [0.05, 0.1) is 26.4 Å². The molecule has 0 radical (unpaired) electrons. The van der Waals surface area contributed by atoms with Gasteiger partial charge in [-0.3, -0.25) is 5.32 Å². The molecule has 0 aromatic heterocycles. The second-order valence-corrected chi connectivity index (χ2v) is 9.98. The minimum absolute atomic E-state index is 0.287. The fourth-order valence-corrected chi connectivity index (χ4v) is 4.84. The molecule has 4 aromatic rings. The third-order valence-corrected chi connectivity index (χ3v) is 6.97. The summed E-state index contributed by atoms with van der Waals surface area (Å²) in [6.45, 7) is 1.99. The molecule has 1 aliphatic heterocycles. The topological polar surface area (TPSA) is 69.2 Å². The molecule has 0 bridgehead atoms. The van der Waals surface area contributed by atoms with Crippen molar-refractivity contribution in [3.8, 4) is 0 Å². The van der Waals surface area contributed by atoms with Crippen LogP contribution in [0, 0.1) is 0 Å². The smallest absolute Gasteiger partial charge is 0.137 e. The average Bonchev–Trinajstić information content (AvgIpc) is 3.01. The highest BCUT2D eigenvalue weighted by molar-refractivity contribution is 5.16. The number of rotatable bonds is 13. The Hall–Kier alpha value is -3.36. The zero-order chi connectivity index (χ0) is 27.4. The zero-order valence-electron chi connectivity index (χ0n) is 22.5. The standard InChI is InChI=1S/C34H37NO5/c36-31-33(39-24-29-19-11-4-12-20-29)32(38-23-28-17-9-3-10-18-28)30(25-37-22-27-15-7-2-8-16-27)40-34(31)35-21-26-13-5-1-6-14-26/h1-20,30-36H,21-25H2/t30-,31-,32-,33-,34-/m1/s1. The molecule has 2 N–H and O–H groups in total. The Kier molecular flexibility index (Phi) is 10.5. The van der Waals surface area contributed by atoms with Gasteiger partial charge >= 0.3 is 0 Å². The van der Waals surface area contributed by atoms with Crippen LogP contribution >= 0.6 is 0 Å². The Morgan fingerprint density at radius 3 is 1.55 bits per heavy atom. The highest BCUT2D eigenvalue weighted by atomic mass is 16.6. The lowest BCUT2D eigenvalue weighted by Gasteiger charge is -2.44. The van der Waals surface area contributed by atoms with Gasteiger partial charge in [-0.2, -0.15) is 0 Å². The summed E-state index contributed by atoms with van der Waals surface area (Å²) in [7, 11) is 0. The van der Waals surface area contributed by atoms with Crippen LogP contribution in [0.15, 0.2) is 121 Å². The number of nitrogens with one attached hydrogen (secondary N) is 1. The van der Waals surface area contributed by atoms with E-state index in [0.717, 1.165) is 22.3 Å². The molecule has 40 heavy (non-hydrogen) atoms. The number of aliphatic hydroxyl groups is 1. The van der Waals surface area contributed by atoms with Gasteiger partial charge in [0, 0.05) is 6.54 Å². The van der Waals surface area contributed by atoms with E-state index in [1.807, 2.05) is 121 Å². The van der Waals surface area contributed by atoms with Gasteiger partial charge < -0.3 is 24.1 Å². The van der Waals surface area contributed by atoms with Crippen LogP contribution in [0.2, 0.25) is 0 Å². The molecule has 5 atom stereocenters. The lowest BCUT2D eigenvalue weighted by Crippen LogP contribution is -2.63. The minimum Gasteiger partial charge on any atom is -0.386 e. The largest absolute Gasteiger partial charge is 0.386 e. The van der Waals surface area contributed by atoms with Crippen molar-refractivity contribution in [2.24, 2.45) is 0 Å². The van der Waals surface area contributed by atoms with Crippen molar-refractivity contribution in [2.45, 2.75) is 57.0 Å². The molecule has 0 amide bonds. The molecule has 5 rings (SSSR count). The summed E-state index contributed by atoms with van der Waals surface area (Å²) in [5.41, 5.74) is 4.23. The summed E-state index contributed by atoms with van der Waals surface area (Å²) in [6, 6.07) is 40.0. The van der Waals surface area contributed by atoms with Gasteiger partial charge in [0.2, 0.25) is 0 Å². The normalized spacial score (nSPS) is 22.7. The van der Waals surface area contributed by atoms with Gasteiger partial charge in [-0.05, 0) is 22.3 Å². The van der Waals surface area contributed by atoms with E-state index in [4.69, 9.17) is 18.9 Å². The predicted molar refractivity (Wildman–Crippen MR) is 154 cm³/mol. The summed E-state index contributed by atoms with van der Waals surface area (Å²) >= 11 is 0. The van der Waals surface area contributed by atoms with Crippen molar-refractivity contribution in [3.63, 3.8) is 0 Å². The van der Waals surface area contributed by atoms with Crippen LogP contribution in [0.25, 0.3) is 0 Å². The van der Waals surface area contributed by atoms with Crippen molar-refractivity contribution in [1.29, 1.82) is 0 Å². The summed E-state index contributed by atoms with van der Waals surface area (Å²) in [6.07, 6.45) is -3.29. The van der Waals surface area contributed by atoms with Crippen molar-refractivity contribution >= 4 is 0 Å². The third-order valence-electron chi connectivity index (χ3n) is 6.97. The van der Waals surface area contributed by atoms with Crippen LogP contribution in [0.4, 0.5) is 0 Å². The monoisotopic (exact) mass is 539 g/mol. The first-order valence-electron chi connectivity index (χ1n) is 13.8. The number of aliphatic hydroxyl groups excluding tert-OH is 1. The lowest BCUT2D eigenvalue weighted by molar-refractivity contribution is -0.267. The maximum absolute atomic E-state index is 11.5. The second kappa shape index (κ2) is 14.9. The summed E-state index contributed by atoms with van der Waals surface area (Å²) < 4.78 is 25.4.